The second-order valence-corrected chi connectivity index (χ2v) is 8.09. The summed E-state index contributed by atoms with van der Waals surface area (Å²) >= 11 is 0. The van der Waals surface area contributed by atoms with Gasteiger partial charge in [0.25, 0.3) is 5.91 Å². The van der Waals surface area contributed by atoms with Gasteiger partial charge in [-0.05, 0) is 29.8 Å². The molecule has 154 valence electrons. The maximum absolute atomic E-state index is 12.8. The van der Waals surface area contributed by atoms with Gasteiger partial charge in [0.05, 0.1) is 18.7 Å². The zero-order valence-electron chi connectivity index (χ0n) is 17.2. The number of carbonyl (C=O) groups excluding carboxylic acids is 2. The molecule has 30 heavy (non-hydrogen) atoms. The van der Waals surface area contributed by atoms with Crippen molar-refractivity contribution in [1.82, 2.24) is 14.8 Å². The molecule has 2 fully saturated rings. The number of aliphatic hydroxyl groups is 1. The molecule has 1 aromatic heterocycles. The van der Waals surface area contributed by atoms with Crippen molar-refractivity contribution in [1.29, 1.82) is 0 Å². The first kappa shape index (κ1) is 20.1. The monoisotopic (exact) mass is 403 g/mol. The first-order valence-corrected chi connectivity index (χ1v) is 10.2. The van der Waals surface area contributed by atoms with E-state index in [1.165, 1.54) is 0 Å². The van der Waals surface area contributed by atoms with Crippen LogP contribution in [0.15, 0.2) is 48.7 Å². The lowest BCUT2D eigenvalue weighted by Gasteiger charge is -2.58. The van der Waals surface area contributed by atoms with Crippen LogP contribution in [0.3, 0.4) is 0 Å². The summed E-state index contributed by atoms with van der Waals surface area (Å²) in [6, 6.07) is 12.7. The number of benzene rings is 1. The van der Waals surface area contributed by atoms with E-state index in [1.807, 2.05) is 38.1 Å². The van der Waals surface area contributed by atoms with Gasteiger partial charge in [0.2, 0.25) is 5.91 Å². The number of aliphatic hydroxyl groups excluding tert-OH is 1. The molecule has 0 radical (unpaired) electrons. The first-order valence-electron chi connectivity index (χ1n) is 10.2. The zero-order valence-corrected chi connectivity index (χ0v) is 17.2. The van der Waals surface area contributed by atoms with E-state index in [-0.39, 0.29) is 43.0 Å². The highest BCUT2D eigenvalue weighted by Crippen LogP contribution is 2.43. The fourth-order valence-electron chi connectivity index (χ4n) is 4.32. The minimum Gasteiger partial charge on any atom is -0.394 e. The second-order valence-electron chi connectivity index (χ2n) is 8.09. The van der Waals surface area contributed by atoms with Crippen LogP contribution in [0.4, 0.5) is 0 Å². The van der Waals surface area contributed by atoms with Gasteiger partial charge in [0, 0.05) is 30.1 Å². The van der Waals surface area contributed by atoms with Gasteiger partial charge in [-0.2, -0.15) is 0 Å². The van der Waals surface area contributed by atoms with Crippen molar-refractivity contribution in [3.8, 4) is 11.8 Å². The Morgan fingerprint density at radius 2 is 2.00 bits per heavy atom. The lowest BCUT2D eigenvalue weighted by molar-refractivity contribution is -0.159. The molecule has 2 aliphatic rings. The van der Waals surface area contributed by atoms with Gasteiger partial charge in [-0.25, -0.2) is 0 Å². The molecule has 1 aromatic carbocycles. The summed E-state index contributed by atoms with van der Waals surface area (Å²) in [6.07, 6.45) is 1.57. The van der Waals surface area contributed by atoms with E-state index in [2.05, 4.69) is 16.8 Å². The van der Waals surface area contributed by atoms with Crippen LogP contribution in [0.25, 0.3) is 0 Å². The maximum Gasteiger partial charge on any atom is 0.272 e. The molecule has 6 nitrogen and oxygen atoms in total. The molecule has 6 heteroatoms. The predicted molar refractivity (Wildman–Crippen MR) is 113 cm³/mol. The van der Waals surface area contributed by atoms with Crippen LogP contribution in [-0.4, -0.2) is 63.5 Å². The number of piperazine rings is 1. The van der Waals surface area contributed by atoms with Crippen molar-refractivity contribution in [3.63, 3.8) is 0 Å². The van der Waals surface area contributed by atoms with Gasteiger partial charge < -0.3 is 14.9 Å². The Kier molecular flexibility index (Phi) is 5.56. The van der Waals surface area contributed by atoms with Gasteiger partial charge in [-0.3, -0.25) is 14.6 Å². The number of pyridine rings is 1. The average Bonchev–Trinajstić information content (AvgIpc) is 2.74. The third kappa shape index (κ3) is 3.69. The van der Waals surface area contributed by atoms with Crippen LogP contribution in [0.5, 0.6) is 0 Å². The lowest BCUT2D eigenvalue weighted by atomic mass is 9.73. The Balaban J connectivity index is 1.55. The molecule has 0 bridgehead atoms. The van der Waals surface area contributed by atoms with Crippen molar-refractivity contribution in [2.24, 2.45) is 5.92 Å². The second kappa shape index (κ2) is 8.29. The fraction of sp³-hybridized carbons (Fsp3) is 0.375. The van der Waals surface area contributed by atoms with E-state index in [0.29, 0.717) is 18.2 Å². The molecular formula is C24H25N3O3. The Morgan fingerprint density at radius 3 is 2.63 bits per heavy atom. The molecule has 2 amide bonds. The van der Waals surface area contributed by atoms with Gasteiger partial charge in [0.15, 0.2) is 0 Å². The molecule has 1 N–H and O–H groups in total. The fourth-order valence-corrected chi connectivity index (χ4v) is 4.32. The summed E-state index contributed by atoms with van der Waals surface area (Å²) in [5.74, 6) is 6.21. The van der Waals surface area contributed by atoms with Crippen molar-refractivity contribution in [2.75, 3.05) is 19.7 Å². The van der Waals surface area contributed by atoms with E-state index in [1.54, 1.807) is 34.2 Å². The van der Waals surface area contributed by atoms with Crippen molar-refractivity contribution >= 4 is 11.8 Å². The highest BCUT2D eigenvalue weighted by Gasteiger charge is 2.54. The third-order valence-electron chi connectivity index (χ3n) is 5.72. The first-order chi connectivity index (χ1) is 14.5. The molecule has 0 saturated carbocycles. The van der Waals surface area contributed by atoms with E-state index in [0.717, 1.165) is 11.1 Å². The molecule has 2 aromatic rings. The number of carbonyl (C=O) groups is 2. The summed E-state index contributed by atoms with van der Waals surface area (Å²) in [5, 5.41) is 9.92. The van der Waals surface area contributed by atoms with Crippen molar-refractivity contribution < 1.29 is 14.7 Å². The van der Waals surface area contributed by atoms with E-state index in [9.17, 15) is 14.7 Å². The van der Waals surface area contributed by atoms with Crippen LogP contribution in [-0.2, 0) is 4.79 Å². The number of amides is 2. The summed E-state index contributed by atoms with van der Waals surface area (Å²) in [5.41, 5.74) is 2.32. The standard InChI is InChI=1S/C24H25N3O3/c1-16(2)6-7-17-8-10-18(11-9-17)23-20-13-26(14-22(29)27(20)21(23)15-28)24(30)19-5-3-4-12-25-19/h3-5,8-12,16,20-21,23,28H,13-15H2,1-2H3/t20-,21+,23+/m0/s1. The predicted octanol–water partition coefficient (Wildman–Crippen LogP) is 1.90. The Hall–Kier alpha value is -3.17. The molecule has 3 heterocycles. The van der Waals surface area contributed by atoms with Gasteiger partial charge >= 0.3 is 0 Å². The molecule has 4 rings (SSSR count). The molecule has 2 saturated heterocycles. The van der Waals surface area contributed by atoms with Crippen LogP contribution in [0.2, 0.25) is 0 Å². The Bertz CT molecular complexity index is 992. The summed E-state index contributed by atoms with van der Waals surface area (Å²) in [4.78, 5) is 33.0. The topological polar surface area (TPSA) is 73.7 Å². The van der Waals surface area contributed by atoms with Gasteiger partial charge in [-0.1, -0.05) is 43.9 Å². The van der Waals surface area contributed by atoms with E-state index >= 15 is 0 Å². The normalized spacial score (nSPS) is 22.8. The lowest BCUT2D eigenvalue weighted by Crippen LogP contribution is -2.73. The quantitative estimate of drug-likeness (QED) is 0.795. The van der Waals surface area contributed by atoms with E-state index < -0.39 is 0 Å². The van der Waals surface area contributed by atoms with Gasteiger partial charge in [0.1, 0.15) is 12.2 Å². The molecule has 2 aliphatic heterocycles. The Labute approximate surface area is 176 Å². The molecule has 3 atom stereocenters. The molecule has 0 spiro atoms. The van der Waals surface area contributed by atoms with Crippen LogP contribution in [0, 0.1) is 17.8 Å². The van der Waals surface area contributed by atoms with Crippen LogP contribution < -0.4 is 0 Å². The van der Waals surface area contributed by atoms with Gasteiger partial charge in [-0.15, -0.1) is 0 Å². The number of hydrogen-bond donors (Lipinski definition) is 1. The highest BCUT2D eigenvalue weighted by molar-refractivity contribution is 5.96. The minimum atomic E-state index is -0.262. The number of hydrogen-bond acceptors (Lipinski definition) is 4. The van der Waals surface area contributed by atoms with Crippen LogP contribution >= 0.6 is 0 Å². The molecule has 0 aliphatic carbocycles. The highest BCUT2D eigenvalue weighted by atomic mass is 16.3. The number of nitrogens with zero attached hydrogens (tertiary/aromatic N) is 3. The average molecular weight is 403 g/mol. The largest absolute Gasteiger partial charge is 0.394 e. The minimum absolute atomic E-state index is 0.0128. The summed E-state index contributed by atoms with van der Waals surface area (Å²) in [6.45, 7) is 4.44. The summed E-state index contributed by atoms with van der Waals surface area (Å²) in [7, 11) is 0. The SMILES string of the molecule is CC(C)C#Cc1ccc([C@H]2[C@@H](CO)N3C(=O)CN(C(=O)c4ccccn4)C[C@@H]23)cc1. The molecule has 0 unspecified atom stereocenters. The van der Waals surface area contributed by atoms with Crippen LogP contribution in [0.1, 0.15) is 41.4 Å². The zero-order chi connectivity index (χ0) is 21.3. The smallest absolute Gasteiger partial charge is 0.272 e. The maximum atomic E-state index is 12.8. The third-order valence-corrected chi connectivity index (χ3v) is 5.72. The van der Waals surface area contributed by atoms with Crippen molar-refractivity contribution in [2.45, 2.75) is 31.8 Å². The molecular weight excluding hydrogens is 378 g/mol. The summed E-state index contributed by atoms with van der Waals surface area (Å²) < 4.78 is 0. The number of fused-ring (bicyclic) bond motifs is 1. The number of rotatable bonds is 3. The van der Waals surface area contributed by atoms with Crippen molar-refractivity contribution in [3.05, 3.63) is 65.5 Å². The van der Waals surface area contributed by atoms with E-state index in [4.69, 9.17) is 0 Å². The Morgan fingerprint density at radius 1 is 1.23 bits per heavy atom. The number of aromatic nitrogens is 1.